The smallest absolute Gasteiger partial charge is 0.0797 e. The van der Waals surface area contributed by atoms with E-state index in [1.807, 2.05) is 12.4 Å². The van der Waals surface area contributed by atoms with Gasteiger partial charge in [-0.3, -0.25) is 0 Å². The van der Waals surface area contributed by atoms with Crippen molar-refractivity contribution >= 4 is 11.3 Å². The number of thiazole rings is 1. The van der Waals surface area contributed by atoms with E-state index in [1.54, 1.807) is 17.4 Å². The van der Waals surface area contributed by atoms with E-state index in [4.69, 9.17) is 4.74 Å². The van der Waals surface area contributed by atoms with Crippen LogP contribution in [0.2, 0.25) is 0 Å². The van der Waals surface area contributed by atoms with Crippen molar-refractivity contribution in [3.8, 4) is 0 Å². The summed E-state index contributed by atoms with van der Waals surface area (Å²) in [6.07, 6.45) is 2.73. The molecule has 1 aromatic heterocycles. The number of nitrogens with zero attached hydrogens (tertiary/aromatic N) is 1. The lowest BCUT2D eigenvalue weighted by atomic mass is 10.3. The summed E-state index contributed by atoms with van der Waals surface area (Å²) in [4.78, 5) is 5.48. The molecule has 1 rings (SSSR count). The Hall–Kier alpha value is -0.670. The highest BCUT2D eigenvalue weighted by Crippen LogP contribution is 2.12. The molecule has 0 radical (unpaired) electrons. The molecule has 2 nitrogen and oxygen atoms in total. The van der Waals surface area contributed by atoms with Crippen molar-refractivity contribution in [2.45, 2.75) is 13.3 Å². The van der Waals surface area contributed by atoms with Gasteiger partial charge in [0, 0.05) is 11.3 Å². The highest BCUT2D eigenvalue weighted by Gasteiger charge is 1.99. The van der Waals surface area contributed by atoms with E-state index >= 15 is 0 Å². The minimum atomic E-state index is 0.637. The van der Waals surface area contributed by atoms with Crippen LogP contribution in [0.25, 0.3) is 0 Å². The summed E-state index contributed by atoms with van der Waals surface area (Å²) in [7, 11) is 0. The Labute approximate surface area is 76.9 Å². The molecule has 1 heterocycles. The fraction of sp³-hybridized carbons (Fsp3) is 0.444. The molecule has 0 aliphatic rings. The van der Waals surface area contributed by atoms with Crippen LogP contribution < -0.4 is 0 Å². The van der Waals surface area contributed by atoms with E-state index in [0.29, 0.717) is 6.61 Å². The Balaban J connectivity index is 2.24. The first-order valence-electron chi connectivity index (χ1n) is 3.92. The zero-order chi connectivity index (χ0) is 8.81. The Kier molecular flexibility index (Phi) is 3.97. The fourth-order valence-electron chi connectivity index (χ4n) is 0.898. The normalized spacial score (nSPS) is 10.1. The third-order valence-corrected chi connectivity index (χ3v) is 2.55. The predicted molar refractivity (Wildman–Crippen MR) is 51.6 cm³/mol. The number of aromatic nitrogens is 1. The van der Waals surface area contributed by atoms with Gasteiger partial charge in [-0.25, -0.2) is 4.98 Å². The van der Waals surface area contributed by atoms with Gasteiger partial charge in [0.15, 0.2) is 0 Å². The molecule has 0 bridgehead atoms. The molecular formula is C9H13NOS. The maximum absolute atomic E-state index is 5.27. The zero-order valence-electron chi connectivity index (χ0n) is 7.25. The highest BCUT2D eigenvalue weighted by atomic mass is 32.1. The van der Waals surface area contributed by atoms with Gasteiger partial charge in [-0.2, -0.15) is 0 Å². The highest BCUT2D eigenvalue weighted by molar-refractivity contribution is 7.09. The maximum atomic E-state index is 5.27. The monoisotopic (exact) mass is 183 g/mol. The first-order valence-corrected chi connectivity index (χ1v) is 4.80. The molecule has 0 saturated carbocycles. The lowest BCUT2D eigenvalue weighted by Crippen LogP contribution is -1.97. The molecule has 0 N–H and O–H groups in total. The molecule has 0 saturated heterocycles. The van der Waals surface area contributed by atoms with Gasteiger partial charge < -0.3 is 4.74 Å². The molecule has 0 fully saturated rings. The van der Waals surface area contributed by atoms with Crippen LogP contribution in [0.1, 0.15) is 10.6 Å². The molecule has 1 aromatic rings. The summed E-state index contributed by atoms with van der Waals surface area (Å²) in [5.41, 5.74) is 3.00. The Morgan fingerprint density at radius 1 is 1.75 bits per heavy atom. The van der Waals surface area contributed by atoms with E-state index in [0.717, 1.165) is 18.7 Å². The number of aryl methyl sites for hydroxylation is 1. The predicted octanol–water partition coefficient (Wildman–Crippen LogP) is 2.20. The summed E-state index contributed by atoms with van der Waals surface area (Å²) in [6.45, 7) is 7.00. The van der Waals surface area contributed by atoms with Gasteiger partial charge in [0.25, 0.3) is 0 Å². The maximum Gasteiger partial charge on any atom is 0.0797 e. The summed E-state index contributed by atoms with van der Waals surface area (Å²) < 4.78 is 5.27. The molecule has 0 spiro atoms. The van der Waals surface area contributed by atoms with Crippen LogP contribution in [0.4, 0.5) is 0 Å². The molecule has 0 aliphatic heterocycles. The van der Waals surface area contributed by atoms with Crippen LogP contribution in [0.3, 0.4) is 0 Å². The van der Waals surface area contributed by atoms with E-state index in [1.165, 1.54) is 4.88 Å². The van der Waals surface area contributed by atoms with Crippen molar-refractivity contribution in [2.24, 2.45) is 0 Å². The van der Waals surface area contributed by atoms with Crippen LogP contribution in [0, 0.1) is 6.92 Å². The quantitative estimate of drug-likeness (QED) is 0.515. The second kappa shape index (κ2) is 5.06. The van der Waals surface area contributed by atoms with E-state index in [2.05, 4.69) is 11.6 Å². The average Bonchev–Trinajstić information content (AvgIpc) is 2.46. The molecule has 0 aromatic carbocycles. The molecule has 66 valence electrons. The third kappa shape index (κ3) is 2.75. The molecule has 3 heteroatoms. The SMILES string of the molecule is C=CCOCCc1scnc1C. The third-order valence-electron chi connectivity index (χ3n) is 1.55. The molecular weight excluding hydrogens is 170 g/mol. The first-order chi connectivity index (χ1) is 5.84. The largest absolute Gasteiger partial charge is 0.377 e. The van der Waals surface area contributed by atoms with E-state index in [9.17, 15) is 0 Å². The van der Waals surface area contributed by atoms with Crippen LogP contribution >= 0.6 is 11.3 Å². The number of ether oxygens (including phenoxy) is 1. The molecule has 0 atom stereocenters. The molecule has 0 amide bonds. The van der Waals surface area contributed by atoms with Gasteiger partial charge in [0.1, 0.15) is 0 Å². The average molecular weight is 183 g/mol. The van der Waals surface area contributed by atoms with Crippen LogP contribution in [0.15, 0.2) is 18.2 Å². The summed E-state index contributed by atoms with van der Waals surface area (Å²) >= 11 is 1.69. The van der Waals surface area contributed by atoms with Crippen LogP contribution in [-0.2, 0) is 11.2 Å². The molecule has 12 heavy (non-hydrogen) atoms. The van der Waals surface area contributed by atoms with Gasteiger partial charge in [-0.05, 0) is 6.92 Å². The van der Waals surface area contributed by atoms with E-state index in [-0.39, 0.29) is 0 Å². The Morgan fingerprint density at radius 2 is 2.58 bits per heavy atom. The Bertz CT molecular complexity index is 244. The van der Waals surface area contributed by atoms with Gasteiger partial charge in [0.05, 0.1) is 24.4 Å². The van der Waals surface area contributed by atoms with Gasteiger partial charge in [-0.15, -0.1) is 17.9 Å². The lowest BCUT2D eigenvalue weighted by Gasteiger charge is -1.98. The van der Waals surface area contributed by atoms with Gasteiger partial charge in [0.2, 0.25) is 0 Å². The topological polar surface area (TPSA) is 22.1 Å². The summed E-state index contributed by atoms with van der Waals surface area (Å²) in [5.74, 6) is 0. The Morgan fingerprint density at radius 3 is 3.17 bits per heavy atom. The molecule has 0 unspecified atom stereocenters. The minimum Gasteiger partial charge on any atom is -0.377 e. The zero-order valence-corrected chi connectivity index (χ0v) is 8.06. The first kappa shape index (κ1) is 9.42. The van der Waals surface area contributed by atoms with E-state index < -0.39 is 0 Å². The number of hydrogen-bond acceptors (Lipinski definition) is 3. The molecule has 0 aliphatic carbocycles. The standard InChI is InChI=1S/C9H13NOS/c1-3-5-11-6-4-9-8(2)10-7-12-9/h3,7H,1,4-6H2,2H3. The van der Waals surface area contributed by atoms with Crippen LogP contribution in [-0.4, -0.2) is 18.2 Å². The van der Waals surface area contributed by atoms with Crippen molar-refractivity contribution in [3.05, 3.63) is 28.7 Å². The van der Waals surface area contributed by atoms with Crippen LogP contribution in [0.5, 0.6) is 0 Å². The fourth-order valence-corrected chi connectivity index (χ4v) is 1.66. The van der Waals surface area contributed by atoms with Gasteiger partial charge in [-0.1, -0.05) is 6.08 Å². The lowest BCUT2D eigenvalue weighted by molar-refractivity contribution is 0.166. The van der Waals surface area contributed by atoms with Gasteiger partial charge >= 0.3 is 0 Å². The number of rotatable bonds is 5. The summed E-state index contributed by atoms with van der Waals surface area (Å²) in [5, 5.41) is 0. The van der Waals surface area contributed by atoms with Crippen molar-refractivity contribution in [1.29, 1.82) is 0 Å². The minimum absolute atomic E-state index is 0.637. The van der Waals surface area contributed by atoms with Crippen molar-refractivity contribution in [2.75, 3.05) is 13.2 Å². The van der Waals surface area contributed by atoms with Crippen molar-refractivity contribution in [1.82, 2.24) is 4.98 Å². The number of hydrogen-bond donors (Lipinski definition) is 0. The summed E-state index contributed by atoms with van der Waals surface area (Å²) in [6, 6.07) is 0. The van der Waals surface area contributed by atoms with Crippen molar-refractivity contribution < 1.29 is 4.74 Å². The second-order valence-electron chi connectivity index (χ2n) is 2.47. The van der Waals surface area contributed by atoms with Crippen molar-refractivity contribution in [3.63, 3.8) is 0 Å². The second-order valence-corrected chi connectivity index (χ2v) is 3.41.